The highest BCUT2D eigenvalue weighted by molar-refractivity contribution is 5.13. The van der Waals surface area contributed by atoms with Gasteiger partial charge in [-0.05, 0) is 75.0 Å². The van der Waals surface area contributed by atoms with Gasteiger partial charge in [-0.15, -0.1) is 0 Å². The minimum atomic E-state index is -1.22. The average Bonchev–Trinajstić information content (AvgIpc) is 2.51. The third kappa shape index (κ3) is 3.68. The monoisotopic (exact) mass is 296 g/mol. The molecule has 0 N–H and O–H groups in total. The summed E-state index contributed by atoms with van der Waals surface area (Å²) >= 11 is 0. The molecular weight excluding hydrogens is 266 g/mol. The summed E-state index contributed by atoms with van der Waals surface area (Å²) in [7, 11) is 0. The third-order valence-corrected chi connectivity index (χ3v) is 6.43. The Kier molecular flexibility index (Phi) is 5.01. The molecule has 0 bridgehead atoms. The zero-order valence-corrected chi connectivity index (χ0v) is 13.4. The van der Waals surface area contributed by atoms with Crippen molar-refractivity contribution in [2.45, 2.75) is 83.5 Å². The molecule has 2 fully saturated rings. The predicted molar refractivity (Wildman–Crippen MR) is 83.7 cm³/mol. The van der Waals surface area contributed by atoms with Crippen LogP contribution in [0.4, 0.5) is 8.78 Å². The molecule has 3 aliphatic carbocycles. The highest BCUT2D eigenvalue weighted by Crippen LogP contribution is 2.43. The van der Waals surface area contributed by atoms with Crippen molar-refractivity contribution in [1.29, 1.82) is 0 Å². The summed E-state index contributed by atoms with van der Waals surface area (Å²) < 4.78 is 26.8. The molecule has 0 aromatic carbocycles. The van der Waals surface area contributed by atoms with Crippen LogP contribution in [-0.2, 0) is 0 Å². The van der Waals surface area contributed by atoms with E-state index in [4.69, 9.17) is 0 Å². The second-order valence-electron chi connectivity index (χ2n) is 7.88. The molecule has 0 aliphatic heterocycles. The van der Waals surface area contributed by atoms with Crippen molar-refractivity contribution < 1.29 is 8.78 Å². The molecule has 3 rings (SSSR count). The van der Waals surface area contributed by atoms with Crippen LogP contribution in [0.25, 0.3) is 0 Å². The van der Waals surface area contributed by atoms with Gasteiger partial charge in [0.15, 0.2) is 0 Å². The van der Waals surface area contributed by atoms with Crippen LogP contribution in [-0.4, -0.2) is 12.3 Å². The number of allylic oxidation sites excluding steroid dienone is 2. The summed E-state index contributed by atoms with van der Waals surface area (Å²) in [5.74, 6) is 3.04. The SMILES string of the molecule is CC1CCC(C2CC=C(C3CCC(F)C(F)C3)CC2)CC1. The Morgan fingerprint density at radius 2 is 1.62 bits per heavy atom. The van der Waals surface area contributed by atoms with Crippen LogP contribution in [0.1, 0.15) is 71.1 Å². The summed E-state index contributed by atoms with van der Waals surface area (Å²) in [4.78, 5) is 0. The molecule has 2 heteroatoms. The molecule has 4 atom stereocenters. The number of alkyl halides is 2. The zero-order chi connectivity index (χ0) is 14.8. The topological polar surface area (TPSA) is 0 Å². The van der Waals surface area contributed by atoms with Crippen molar-refractivity contribution in [2.75, 3.05) is 0 Å². The number of halogens is 2. The van der Waals surface area contributed by atoms with Crippen molar-refractivity contribution in [2.24, 2.45) is 23.7 Å². The van der Waals surface area contributed by atoms with Crippen molar-refractivity contribution in [3.63, 3.8) is 0 Å². The van der Waals surface area contributed by atoms with Crippen LogP contribution in [0.5, 0.6) is 0 Å². The van der Waals surface area contributed by atoms with Gasteiger partial charge < -0.3 is 0 Å². The normalized spacial score (nSPS) is 45.2. The fourth-order valence-corrected chi connectivity index (χ4v) is 4.85. The predicted octanol–water partition coefficient (Wildman–Crippen LogP) is 6.02. The molecule has 120 valence electrons. The molecule has 0 spiro atoms. The maximum Gasteiger partial charge on any atom is 0.132 e. The molecule has 0 nitrogen and oxygen atoms in total. The maximum absolute atomic E-state index is 13.6. The molecule has 0 aromatic rings. The molecule has 0 heterocycles. The molecule has 21 heavy (non-hydrogen) atoms. The van der Waals surface area contributed by atoms with Crippen LogP contribution in [0.15, 0.2) is 11.6 Å². The van der Waals surface area contributed by atoms with E-state index < -0.39 is 12.3 Å². The van der Waals surface area contributed by atoms with Gasteiger partial charge in [-0.2, -0.15) is 0 Å². The Labute approximate surface area is 128 Å². The van der Waals surface area contributed by atoms with Gasteiger partial charge in [0.25, 0.3) is 0 Å². The summed E-state index contributed by atoms with van der Waals surface area (Å²) in [6.07, 6.45) is 11.0. The maximum atomic E-state index is 13.6. The molecule has 0 aromatic heterocycles. The average molecular weight is 296 g/mol. The summed E-state index contributed by atoms with van der Waals surface area (Å²) in [6, 6.07) is 0. The van der Waals surface area contributed by atoms with E-state index in [1.165, 1.54) is 44.1 Å². The van der Waals surface area contributed by atoms with E-state index in [2.05, 4.69) is 13.0 Å². The highest BCUT2D eigenvalue weighted by Gasteiger charge is 2.34. The van der Waals surface area contributed by atoms with Crippen molar-refractivity contribution >= 4 is 0 Å². The lowest BCUT2D eigenvalue weighted by atomic mass is 9.69. The van der Waals surface area contributed by atoms with Crippen LogP contribution in [0.2, 0.25) is 0 Å². The Hall–Kier alpha value is -0.400. The fraction of sp³-hybridized carbons (Fsp3) is 0.895. The first-order valence-electron chi connectivity index (χ1n) is 9.10. The Balaban J connectivity index is 1.52. The number of hydrogen-bond acceptors (Lipinski definition) is 0. The molecular formula is C19H30F2. The van der Waals surface area contributed by atoms with Gasteiger partial charge in [-0.3, -0.25) is 0 Å². The van der Waals surface area contributed by atoms with Crippen LogP contribution in [0.3, 0.4) is 0 Å². The smallest absolute Gasteiger partial charge is 0.132 e. The van der Waals surface area contributed by atoms with E-state index in [9.17, 15) is 8.78 Å². The molecule has 0 radical (unpaired) electrons. The van der Waals surface area contributed by atoms with Crippen molar-refractivity contribution in [1.82, 2.24) is 0 Å². The summed E-state index contributed by atoms with van der Waals surface area (Å²) in [5, 5.41) is 0. The minimum absolute atomic E-state index is 0.333. The minimum Gasteiger partial charge on any atom is -0.244 e. The second-order valence-corrected chi connectivity index (χ2v) is 7.88. The van der Waals surface area contributed by atoms with Crippen LogP contribution >= 0.6 is 0 Å². The lowest BCUT2D eigenvalue weighted by Crippen LogP contribution is -2.29. The van der Waals surface area contributed by atoms with E-state index in [-0.39, 0.29) is 0 Å². The first-order valence-corrected chi connectivity index (χ1v) is 9.10. The molecule has 3 aliphatic rings. The van der Waals surface area contributed by atoms with E-state index in [0.717, 1.165) is 30.6 Å². The molecule has 0 amide bonds. The van der Waals surface area contributed by atoms with Gasteiger partial charge in [0.1, 0.15) is 12.3 Å². The molecule has 4 unspecified atom stereocenters. The van der Waals surface area contributed by atoms with Gasteiger partial charge in [0.2, 0.25) is 0 Å². The first kappa shape index (κ1) is 15.5. The van der Waals surface area contributed by atoms with E-state index in [0.29, 0.717) is 18.8 Å². The van der Waals surface area contributed by atoms with Crippen molar-refractivity contribution in [3.05, 3.63) is 11.6 Å². The Bertz CT molecular complexity index is 368. The molecule has 0 saturated heterocycles. The summed E-state index contributed by atoms with van der Waals surface area (Å²) in [6.45, 7) is 2.38. The summed E-state index contributed by atoms with van der Waals surface area (Å²) in [5.41, 5.74) is 1.45. The number of hydrogen-bond donors (Lipinski definition) is 0. The third-order valence-electron chi connectivity index (χ3n) is 6.43. The van der Waals surface area contributed by atoms with Gasteiger partial charge in [-0.1, -0.05) is 31.4 Å². The zero-order valence-electron chi connectivity index (χ0n) is 13.4. The Morgan fingerprint density at radius 3 is 2.24 bits per heavy atom. The molecule has 2 saturated carbocycles. The van der Waals surface area contributed by atoms with E-state index in [1.807, 2.05) is 0 Å². The van der Waals surface area contributed by atoms with Gasteiger partial charge in [0.05, 0.1) is 0 Å². The van der Waals surface area contributed by atoms with E-state index in [1.54, 1.807) is 0 Å². The second kappa shape index (κ2) is 6.79. The standard InChI is InChI=1S/C19H30F2/c1-13-2-4-14(5-3-13)15-6-8-16(9-7-15)17-10-11-18(20)19(21)12-17/h8,13-15,17-19H,2-7,9-12H2,1H3. The number of rotatable bonds is 2. The van der Waals surface area contributed by atoms with Gasteiger partial charge in [-0.25, -0.2) is 8.78 Å². The van der Waals surface area contributed by atoms with Gasteiger partial charge in [0, 0.05) is 0 Å². The quantitative estimate of drug-likeness (QED) is 0.547. The van der Waals surface area contributed by atoms with Crippen LogP contribution in [0, 0.1) is 23.7 Å². The van der Waals surface area contributed by atoms with Crippen molar-refractivity contribution in [3.8, 4) is 0 Å². The van der Waals surface area contributed by atoms with E-state index >= 15 is 0 Å². The lowest BCUT2D eigenvalue weighted by molar-refractivity contribution is 0.0965. The fourth-order valence-electron chi connectivity index (χ4n) is 4.85. The van der Waals surface area contributed by atoms with Crippen LogP contribution < -0.4 is 0 Å². The largest absolute Gasteiger partial charge is 0.244 e. The highest BCUT2D eigenvalue weighted by atomic mass is 19.2. The Morgan fingerprint density at radius 1 is 0.857 bits per heavy atom. The van der Waals surface area contributed by atoms with Gasteiger partial charge >= 0.3 is 0 Å². The lowest BCUT2D eigenvalue weighted by Gasteiger charge is -2.37. The first-order chi connectivity index (χ1) is 10.1.